The fourth-order valence-electron chi connectivity index (χ4n) is 3.93. The molecule has 0 aromatic heterocycles. The summed E-state index contributed by atoms with van der Waals surface area (Å²) >= 11 is 6.17. The summed E-state index contributed by atoms with van der Waals surface area (Å²) < 4.78 is 16.0. The van der Waals surface area contributed by atoms with E-state index >= 15 is 0 Å². The molecule has 0 spiro atoms. The first-order valence-electron chi connectivity index (χ1n) is 11.3. The molecule has 2 N–H and O–H groups in total. The van der Waals surface area contributed by atoms with Gasteiger partial charge in [-0.05, 0) is 51.3 Å². The van der Waals surface area contributed by atoms with Crippen LogP contribution in [0.4, 0.5) is 16.2 Å². The minimum atomic E-state index is -0.560. The van der Waals surface area contributed by atoms with Gasteiger partial charge < -0.3 is 24.8 Å². The second-order valence-electron chi connectivity index (χ2n) is 8.06. The molecule has 1 aliphatic rings. The zero-order chi connectivity index (χ0) is 25.5. The summed E-state index contributed by atoms with van der Waals surface area (Å²) in [6.07, 6.45) is 3.11. The van der Waals surface area contributed by atoms with Crippen molar-refractivity contribution in [3.8, 4) is 5.75 Å². The molecule has 2 amide bonds. The van der Waals surface area contributed by atoms with E-state index in [1.54, 1.807) is 38.3 Å². The van der Waals surface area contributed by atoms with Crippen LogP contribution in [0.3, 0.4) is 0 Å². The standard InChI is InChI=1S/C26H29ClN2O6/c1-5-34-21(30)13-11-15(2)10-12-17-23(29-26(32)28-20-9-7-6-8-19(20)27)22-18(14-35-25(22)31)16(3)24(17)33-4/h6-10H,5,11-14H2,1-4H3,(H2,28,29,32)/b15-10+. The summed E-state index contributed by atoms with van der Waals surface area (Å²) in [6, 6.07) is 6.29. The highest BCUT2D eigenvalue weighted by Gasteiger charge is 2.32. The number of urea groups is 1. The Morgan fingerprint density at radius 2 is 1.94 bits per heavy atom. The Morgan fingerprint density at radius 1 is 1.20 bits per heavy atom. The maximum absolute atomic E-state index is 12.9. The van der Waals surface area contributed by atoms with Gasteiger partial charge in [-0.15, -0.1) is 0 Å². The van der Waals surface area contributed by atoms with Gasteiger partial charge in [0.05, 0.1) is 35.7 Å². The molecule has 0 bridgehead atoms. The van der Waals surface area contributed by atoms with Gasteiger partial charge >= 0.3 is 18.0 Å². The Balaban J connectivity index is 1.95. The van der Waals surface area contributed by atoms with Crippen molar-refractivity contribution in [2.45, 2.75) is 46.6 Å². The summed E-state index contributed by atoms with van der Waals surface area (Å²) in [5.74, 6) is -0.208. The van der Waals surface area contributed by atoms with Gasteiger partial charge in [-0.2, -0.15) is 0 Å². The van der Waals surface area contributed by atoms with Gasteiger partial charge in [0, 0.05) is 17.5 Å². The number of carbonyl (C=O) groups is 3. The number of benzene rings is 2. The van der Waals surface area contributed by atoms with E-state index in [4.69, 9.17) is 25.8 Å². The second-order valence-corrected chi connectivity index (χ2v) is 8.47. The lowest BCUT2D eigenvalue weighted by Crippen LogP contribution is -2.22. The number of para-hydroxylation sites is 1. The van der Waals surface area contributed by atoms with Crippen molar-refractivity contribution < 1.29 is 28.6 Å². The lowest BCUT2D eigenvalue weighted by atomic mass is 9.93. The Hall–Kier alpha value is -3.52. The van der Waals surface area contributed by atoms with E-state index in [-0.39, 0.29) is 19.0 Å². The number of fused-ring (bicyclic) bond motifs is 1. The van der Waals surface area contributed by atoms with Crippen molar-refractivity contribution in [2.24, 2.45) is 0 Å². The van der Waals surface area contributed by atoms with Crippen molar-refractivity contribution >= 4 is 40.9 Å². The summed E-state index contributed by atoms with van der Waals surface area (Å²) in [5, 5.41) is 5.91. The van der Waals surface area contributed by atoms with Crippen molar-refractivity contribution in [2.75, 3.05) is 24.4 Å². The Morgan fingerprint density at radius 3 is 2.63 bits per heavy atom. The third kappa shape index (κ3) is 6.14. The summed E-state index contributed by atoms with van der Waals surface area (Å²) in [6.45, 7) is 5.98. The number of methoxy groups -OCH3 is 1. The van der Waals surface area contributed by atoms with Gasteiger partial charge in [0.25, 0.3) is 0 Å². The van der Waals surface area contributed by atoms with Crippen LogP contribution in [0.25, 0.3) is 0 Å². The fraction of sp³-hybridized carbons (Fsp3) is 0.346. The Labute approximate surface area is 209 Å². The van der Waals surface area contributed by atoms with E-state index in [0.29, 0.717) is 58.3 Å². The number of hydrogen-bond donors (Lipinski definition) is 2. The van der Waals surface area contributed by atoms with Crippen LogP contribution in [0.15, 0.2) is 35.9 Å². The van der Waals surface area contributed by atoms with Crippen LogP contribution in [-0.2, 0) is 27.3 Å². The number of cyclic esters (lactones) is 1. The number of allylic oxidation sites excluding steroid dienone is 2. The third-order valence-corrected chi connectivity index (χ3v) is 6.05. The number of esters is 2. The first-order chi connectivity index (χ1) is 16.8. The molecule has 2 aromatic rings. The molecule has 0 saturated carbocycles. The van der Waals surface area contributed by atoms with Crippen LogP contribution in [0, 0.1) is 6.92 Å². The SMILES string of the molecule is CCOC(=O)CC/C(C)=C/Cc1c(NC(=O)Nc2ccccc2Cl)c2c(c(C)c1OC)COC2=O. The maximum atomic E-state index is 12.9. The van der Waals surface area contributed by atoms with Crippen LogP contribution in [-0.4, -0.2) is 31.7 Å². The summed E-state index contributed by atoms with van der Waals surface area (Å²) in [7, 11) is 1.54. The molecule has 0 unspecified atom stereocenters. The molecule has 0 saturated heterocycles. The van der Waals surface area contributed by atoms with E-state index < -0.39 is 12.0 Å². The van der Waals surface area contributed by atoms with Crippen molar-refractivity contribution in [1.82, 2.24) is 0 Å². The number of ether oxygens (including phenoxy) is 3. The minimum absolute atomic E-state index is 0.103. The van der Waals surface area contributed by atoms with E-state index in [0.717, 1.165) is 11.1 Å². The first-order valence-corrected chi connectivity index (χ1v) is 11.7. The summed E-state index contributed by atoms with van der Waals surface area (Å²) in [5.41, 5.74) is 4.11. The average molecular weight is 501 g/mol. The molecule has 0 radical (unpaired) electrons. The molecule has 3 rings (SSSR count). The van der Waals surface area contributed by atoms with E-state index in [1.807, 2.05) is 19.9 Å². The van der Waals surface area contributed by atoms with Gasteiger partial charge in [0.1, 0.15) is 12.4 Å². The number of carbonyl (C=O) groups excluding carboxylic acids is 3. The van der Waals surface area contributed by atoms with Crippen molar-refractivity contribution in [3.63, 3.8) is 0 Å². The fourth-order valence-corrected chi connectivity index (χ4v) is 4.11. The average Bonchev–Trinajstić information content (AvgIpc) is 3.22. The number of nitrogens with one attached hydrogen (secondary N) is 2. The molecule has 186 valence electrons. The number of anilines is 2. The zero-order valence-electron chi connectivity index (χ0n) is 20.2. The van der Waals surface area contributed by atoms with Crippen LogP contribution >= 0.6 is 11.6 Å². The van der Waals surface area contributed by atoms with Crippen LogP contribution in [0.2, 0.25) is 5.02 Å². The van der Waals surface area contributed by atoms with Gasteiger partial charge in [-0.25, -0.2) is 9.59 Å². The van der Waals surface area contributed by atoms with Gasteiger partial charge in [0.15, 0.2) is 0 Å². The molecule has 2 aromatic carbocycles. The molecular weight excluding hydrogens is 472 g/mol. The molecule has 8 nitrogen and oxygen atoms in total. The van der Waals surface area contributed by atoms with Crippen LogP contribution < -0.4 is 15.4 Å². The Bertz CT molecular complexity index is 1170. The topological polar surface area (TPSA) is 103 Å². The molecule has 1 aliphatic heterocycles. The quantitative estimate of drug-likeness (QED) is 0.333. The van der Waals surface area contributed by atoms with E-state index in [1.165, 1.54) is 0 Å². The molecule has 0 aliphatic carbocycles. The number of hydrogen-bond acceptors (Lipinski definition) is 6. The normalized spacial score (nSPS) is 12.6. The van der Waals surface area contributed by atoms with Crippen LogP contribution in [0.5, 0.6) is 5.75 Å². The Kier molecular flexibility index (Phi) is 8.76. The molecule has 0 atom stereocenters. The maximum Gasteiger partial charge on any atom is 0.341 e. The van der Waals surface area contributed by atoms with Gasteiger partial charge in [0.2, 0.25) is 0 Å². The largest absolute Gasteiger partial charge is 0.496 e. The summed E-state index contributed by atoms with van der Waals surface area (Å²) in [4.78, 5) is 37.2. The number of halogens is 1. The zero-order valence-corrected chi connectivity index (χ0v) is 21.0. The predicted octanol–water partition coefficient (Wildman–Crippen LogP) is 5.80. The molecule has 0 fully saturated rings. The molecule has 9 heteroatoms. The molecular formula is C26H29ClN2O6. The highest BCUT2D eigenvalue weighted by Crippen LogP contribution is 2.41. The van der Waals surface area contributed by atoms with Gasteiger partial charge in [-0.1, -0.05) is 35.4 Å². The number of amides is 2. The lowest BCUT2D eigenvalue weighted by Gasteiger charge is -2.20. The second kappa shape index (κ2) is 11.8. The monoisotopic (exact) mass is 500 g/mol. The highest BCUT2D eigenvalue weighted by molar-refractivity contribution is 6.33. The van der Waals surface area contributed by atoms with Crippen molar-refractivity contribution in [3.05, 3.63) is 63.2 Å². The van der Waals surface area contributed by atoms with E-state index in [9.17, 15) is 14.4 Å². The molecule has 1 heterocycles. The van der Waals surface area contributed by atoms with E-state index in [2.05, 4.69) is 10.6 Å². The number of rotatable bonds is 9. The first kappa shape index (κ1) is 26.1. The van der Waals surface area contributed by atoms with Gasteiger partial charge in [-0.3, -0.25) is 4.79 Å². The third-order valence-electron chi connectivity index (χ3n) is 5.72. The smallest absolute Gasteiger partial charge is 0.341 e. The highest BCUT2D eigenvalue weighted by atomic mass is 35.5. The predicted molar refractivity (Wildman–Crippen MR) is 134 cm³/mol. The minimum Gasteiger partial charge on any atom is -0.496 e. The van der Waals surface area contributed by atoms with Crippen molar-refractivity contribution in [1.29, 1.82) is 0 Å². The lowest BCUT2D eigenvalue weighted by molar-refractivity contribution is -0.143. The van der Waals surface area contributed by atoms with Crippen LogP contribution in [0.1, 0.15) is 53.7 Å². The molecule has 35 heavy (non-hydrogen) atoms.